The van der Waals surface area contributed by atoms with E-state index in [2.05, 4.69) is 5.32 Å². The fourth-order valence-electron chi connectivity index (χ4n) is 1.80. The largest absolute Gasteiger partial charge is 0.497 e. The van der Waals surface area contributed by atoms with Gasteiger partial charge in [-0.25, -0.2) is 0 Å². The molecule has 0 aliphatic rings. The minimum Gasteiger partial charge on any atom is -0.497 e. The topological polar surface area (TPSA) is 51.5 Å². The first-order valence-electron chi connectivity index (χ1n) is 6.35. The zero-order valence-electron chi connectivity index (χ0n) is 11.5. The smallest absolute Gasteiger partial charge is 0.244 e. The van der Waals surface area contributed by atoms with Gasteiger partial charge in [-0.1, -0.05) is 12.1 Å². The maximum Gasteiger partial charge on any atom is 0.244 e. The molecule has 2 rings (SSSR count). The second kappa shape index (κ2) is 6.61. The summed E-state index contributed by atoms with van der Waals surface area (Å²) < 4.78 is 10.3. The van der Waals surface area contributed by atoms with Gasteiger partial charge in [0, 0.05) is 6.08 Å². The van der Waals surface area contributed by atoms with E-state index < -0.39 is 0 Å². The monoisotopic (exact) mass is 271 g/mol. The predicted octanol–water partition coefficient (Wildman–Crippen LogP) is 3.18. The highest BCUT2D eigenvalue weighted by Gasteiger charge is 2.08. The van der Waals surface area contributed by atoms with Gasteiger partial charge in [-0.2, -0.15) is 0 Å². The standard InChI is InChI=1S/C16H17NO3/c1-12(13-5-3-6-15(11-13)19-2)17-16(18)9-8-14-7-4-10-20-14/h3-12H,1-2H3,(H,17,18). The van der Waals surface area contributed by atoms with Crippen molar-refractivity contribution in [2.75, 3.05) is 7.11 Å². The lowest BCUT2D eigenvalue weighted by Crippen LogP contribution is -2.24. The summed E-state index contributed by atoms with van der Waals surface area (Å²) in [4.78, 5) is 11.8. The van der Waals surface area contributed by atoms with Gasteiger partial charge in [-0.05, 0) is 42.8 Å². The second-order valence-corrected chi connectivity index (χ2v) is 4.36. The Balaban J connectivity index is 1.96. The van der Waals surface area contributed by atoms with Crippen LogP contribution < -0.4 is 10.1 Å². The van der Waals surface area contributed by atoms with Crippen molar-refractivity contribution in [1.29, 1.82) is 0 Å². The lowest BCUT2D eigenvalue weighted by molar-refractivity contribution is -0.117. The molecule has 0 bridgehead atoms. The SMILES string of the molecule is COc1cccc(C(C)NC(=O)C=Cc2ccco2)c1. The summed E-state index contributed by atoms with van der Waals surface area (Å²) in [6, 6.07) is 11.1. The molecule has 0 aliphatic heterocycles. The fraction of sp³-hybridized carbons (Fsp3) is 0.188. The fourth-order valence-corrected chi connectivity index (χ4v) is 1.80. The van der Waals surface area contributed by atoms with Gasteiger partial charge >= 0.3 is 0 Å². The molecular weight excluding hydrogens is 254 g/mol. The van der Waals surface area contributed by atoms with Crippen molar-refractivity contribution in [1.82, 2.24) is 5.32 Å². The van der Waals surface area contributed by atoms with Gasteiger partial charge in [0.25, 0.3) is 0 Å². The quantitative estimate of drug-likeness (QED) is 0.850. The number of benzene rings is 1. The van der Waals surface area contributed by atoms with E-state index in [4.69, 9.17) is 9.15 Å². The molecule has 1 heterocycles. The molecule has 104 valence electrons. The Kier molecular flexibility index (Phi) is 4.60. The van der Waals surface area contributed by atoms with Crippen LogP contribution in [0.3, 0.4) is 0 Å². The third-order valence-electron chi connectivity index (χ3n) is 2.89. The molecule has 1 aromatic heterocycles. The molecule has 0 saturated carbocycles. The van der Waals surface area contributed by atoms with E-state index in [1.807, 2.05) is 31.2 Å². The Morgan fingerprint density at radius 1 is 1.35 bits per heavy atom. The number of carbonyl (C=O) groups is 1. The van der Waals surface area contributed by atoms with Crippen LogP contribution in [0.15, 0.2) is 53.2 Å². The number of amides is 1. The van der Waals surface area contributed by atoms with Crippen molar-refractivity contribution in [3.63, 3.8) is 0 Å². The van der Waals surface area contributed by atoms with E-state index in [1.54, 1.807) is 31.6 Å². The summed E-state index contributed by atoms with van der Waals surface area (Å²) in [5, 5.41) is 2.89. The molecule has 0 saturated heterocycles. The summed E-state index contributed by atoms with van der Waals surface area (Å²) in [5.74, 6) is 1.25. The second-order valence-electron chi connectivity index (χ2n) is 4.36. The minimum atomic E-state index is -0.170. The summed E-state index contributed by atoms with van der Waals surface area (Å²) in [6.07, 6.45) is 4.65. The number of nitrogens with one attached hydrogen (secondary N) is 1. The zero-order chi connectivity index (χ0) is 14.4. The van der Waals surface area contributed by atoms with Crippen molar-refractivity contribution in [3.05, 3.63) is 60.1 Å². The summed E-state index contributed by atoms with van der Waals surface area (Å²) in [7, 11) is 1.62. The number of rotatable bonds is 5. The van der Waals surface area contributed by atoms with Crippen LogP contribution >= 0.6 is 0 Å². The molecule has 1 unspecified atom stereocenters. The van der Waals surface area contributed by atoms with Crippen LogP contribution in [0.1, 0.15) is 24.3 Å². The molecule has 0 spiro atoms. The highest BCUT2D eigenvalue weighted by Crippen LogP contribution is 2.18. The number of ether oxygens (including phenoxy) is 1. The van der Waals surface area contributed by atoms with Crippen LogP contribution in [-0.4, -0.2) is 13.0 Å². The van der Waals surface area contributed by atoms with E-state index >= 15 is 0 Å². The third kappa shape index (κ3) is 3.75. The van der Waals surface area contributed by atoms with Crippen molar-refractivity contribution in [2.24, 2.45) is 0 Å². The van der Waals surface area contributed by atoms with Gasteiger partial charge in [0.1, 0.15) is 11.5 Å². The molecule has 4 nitrogen and oxygen atoms in total. The average molecular weight is 271 g/mol. The Morgan fingerprint density at radius 3 is 2.90 bits per heavy atom. The molecule has 1 N–H and O–H groups in total. The maximum absolute atomic E-state index is 11.8. The van der Waals surface area contributed by atoms with Crippen LogP contribution in [0, 0.1) is 0 Å². The summed E-state index contributed by atoms with van der Waals surface area (Å²) in [5.41, 5.74) is 0.990. The van der Waals surface area contributed by atoms with Crippen molar-refractivity contribution >= 4 is 12.0 Å². The van der Waals surface area contributed by atoms with Crippen LogP contribution in [0.2, 0.25) is 0 Å². The molecule has 1 aromatic carbocycles. The van der Waals surface area contributed by atoms with Gasteiger partial charge in [-0.3, -0.25) is 4.79 Å². The van der Waals surface area contributed by atoms with Crippen LogP contribution in [0.5, 0.6) is 5.75 Å². The molecule has 20 heavy (non-hydrogen) atoms. The lowest BCUT2D eigenvalue weighted by atomic mass is 10.1. The van der Waals surface area contributed by atoms with E-state index in [9.17, 15) is 4.79 Å². The van der Waals surface area contributed by atoms with Crippen LogP contribution in [0.25, 0.3) is 6.08 Å². The van der Waals surface area contributed by atoms with Gasteiger partial charge in [-0.15, -0.1) is 0 Å². The molecule has 1 amide bonds. The first-order valence-corrected chi connectivity index (χ1v) is 6.35. The third-order valence-corrected chi connectivity index (χ3v) is 2.89. The van der Waals surface area contributed by atoms with E-state index in [0.29, 0.717) is 5.76 Å². The first kappa shape index (κ1) is 13.9. The van der Waals surface area contributed by atoms with Crippen LogP contribution in [-0.2, 0) is 4.79 Å². The molecule has 4 heteroatoms. The maximum atomic E-state index is 11.8. The number of hydrogen-bond donors (Lipinski definition) is 1. The van der Waals surface area contributed by atoms with Crippen molar-refractivity contribution in [3.8, 4) is 5.75 Å². The number of furan rings is 1. The molecule has 0 radical (unpaired) electrons. The number of hydrogen-bond acceptors (Lipinski definition) is 3. The molecule has 2 aromatic rings. The Bertz CT molecular complexity index is 588. The summed E-state index contributed by atoms with van der Waals surface area (Å²) in [6.45, 7) is 1.92. The van der Waals surface area contributed by atoms with Crippen molar-refractivity contribution < 1.29 is 13.9 Å². The average Bonchev–Trinajstić information content (AvgIpc) is 2.98. The van der Waals surface area contributed by atoms with Gasteiger partial charge in [0.15, 0.2) is 0 Å². The normalized spacial score (nSPS) is 12.3. The van der Waals surface area contributed by atoms with Crippen molar-refractivity contribution in [2.45, 2.75) is 13.0 Å². The van der Waals surface area contributed by atoms with Gasteiger partial charge < -0.3 is 14.5 Å². The van der Waals surface area contributed by atoms with Crippen LogP contribution in [0.4, 0.5) is 0 Å². The highest BCUT2D eigenvalue weighted by molar-refractivity contribution is 5.91. The highest BCUT2D eigenvalue weighted by atomic mass is 16.5. The predicted molar refractivity (Wildman–Crippen MR) is 77.3 cm³/mol. The van der Waals surface area contributed by atoms with Gasteiger partial charge in [0.05, 0.1) is 19.4 Å². The Morgan fingerprint density at radius 2 is 2.20 bits per heavy atom. The van der Waals surface area contributed by atoms with E-state index in [-0.39, 0.29) is 11.9 Å². The Labute approximate surface area is 118 Å². The first-order chi connectivity index (χ1) is 9.69. The number of methoxy groups -OCH3 is 1. The molecule has 0 fully saturated rings. The van der Waals surface area contributed by atoms with E-state index in [0.717, 1.165) is 11.3 Å². The molecule has 1 atom stereocenters. The lowest BCUT2D eigenvalue weighted by Gasteiger charge is -2.13. The Hall–Kier alpha value is -2.49. The molecule has 0 aliphatic carbocycles. The zero-order valence-corrected chi connectivity index (χ0v) is 11.5. The van der Waals surface area contributed by atoms with E-state index in [1.165, 1.54) is 6.08 Å². The molecular formula is C16H17NO3. The summed E-state index contributed by atoms with van der Waals surface area (Å²) >= 11 is 0. The van der Waals surface area contributed by atoms with Gasteiger partial charge in [0.2, 0.25) is 5.91 Å². The minimum absolute atomic E-state index is 0.0983. The number of carbonyl (C=O) groups excluding carboxylic acids is 1.